The first-order valence-electron chi connectivity index (χ1n) is 11.3. The number of nitrogens with zero attached hydrogens (tertiary/aromatic N) is 3. The SMILES string of the molecule is CCOc1ccc(CCNC(=NC)NCc2ccc(N3CCCC3)nc2)cc1OCC. The zero-order chi connectivity index (χ0) is 21.9. The Morgan fingerprint density at radius 1 is 1.00 bits per heavy atom. The maximum absolute atomic E-state index is 5.72. The van der Waals surface area contributed by atoms with Crippen LogP contribution in [0.1, 0.15) is 37.8 Å². The first-order chi connectivity index (χ1) is 15.2. The molecule has 1 aliphatic heterocycles. The number of rotatable bonds is 10. The fraction of sp³-hybridized carbons (Fsp3) is 0.500. The van der Waals surface area contributed by atoms with E-state index in [0.717, 1.165) is 54.9 Å². The van der Waals surface area contributed by atoms with Gasteiger partial charge < -0.3 is 25.0 Å². The average Bonchev–Trinajstić information content (AvgIpc) is 3.33. The van der Waals surface area contributed by atoms with E-state index < -0.39 is 0 Å². The molecule has 2 heterocycles. The minimum Gasteiger partial charge on any atom is -0.490 e. The van der Waals surface area contributed by atoms with Crippen LogP contribution in [0.4, 0.5) is 5.82 Å². The van der Waals surface area contributed by atoms with Gasteiger partial charge in [0.05, 0.1) is 13.2 Å². The summed E-state index contributed by atoms with van der Waals surface area (Å²) in [5.41, 5.74) is 2.33. The smallest absolute Gasteiger partial charge is 0.191 e. The van der Waals surface area contributed by atoms with Gasteiger partial charge >= 0.3 is 0 Å². The lowest BCUT2D eigenvalue weighted by atomic mass is 10.1. The minimum atomic E-state index is 0.617. The van der Waals surface area contributed by atoms with E-state index >= 15 is 0 Å². The Morgan fingerprint density at radius 3 is 2.42 bits per heavy atom. The number of hydrogen-bond acceptors (Lipinski definition) is 5. The summed E-state index contributed by atoms with van der Waals surface area (Å²) in [6.45, 7) is 8.88. The molecule has 31 heavy (non-hydrogen) atoms. The fourth-order valence-electron chi connectivity index (χ4n) is 3.64. The monoisotopic (exact) mass is 425 g/mol. The molecule has 0 atom stereocenters. The van der Waals surface area contributed by atoms with Crippen molar-refractivity contribution in [1.82, 2.24) is 15.6 Å². The van der Waals surface area contributed by atoms with Crippen molar-refractivity contribution in [3.63, 3.8) is 0 Å². The van der Waals surface area contributed by atoms with Crippen LogP contribution in [-0.2, 0) is 13.0 Å². The second kappa shape index (κ2) is 12.0. The number of aliphatic imine (C=N–C) groups is 1. The fourth-order valence-corrected chi connectivity index (χ4v) is 3.64. The van der Waals surface area contributed by atoms with E-state index in [0.29, 0.717) is 19.8 Å². The molecular formula is C24H35N5O2. The maximum Gasteiger partial charge on any atom is 0.191 e. The first kappa shape index (κ1) is 22.7. The number of nitrogens with one attached hydrogen (secondary N) is 2. The van der Waals surface area contributed by atoms with Gasteiger partial charge in [-0.1, -0.05) is 12.1 Å². The molecule has 0 amide bonds. The molecule has 3 rings (SSSR count). The normalized spacial score (nSPS) is 13.9. The van der Waals surface area contributed by atoms with Crippen molar-refractivity contribution in [2.24, 2.45) is 4.99 Å². The molecule has 2 aromatic rings. The lowest BCUT2D eigenvalue weighted by molar-refractivity contribution is 0.287. The average molecular weight is 426 g/mol. The second-order valence-corrected chi connectivity index (χ2v) is 7.47. The van der Waals surface area contributed by atoms with Crippen LogP contribution in [0.25, 0.3) is 0 Å². The summed E-state index contributed by atoms with van der Waals surface area (Å²) in [4.78, 5) is 11.3. The number of hydrogen-bond donors (Lipinski definition) is 2. The Hall–Kier alpha value is -2.96. The largest absolute Gasteiger partial charge is 0.490 e. The lowest BCUT2D eigenvalue weighted by Crippen LogP contribution is -2.37. The molecule has 0 unspecified atom stereocenters. The molecule has 1 aromatic carbocycles. The Kier molecular flexibility index (Phi) is 8.82. The highest BCUT2D eigenvalue weighted by Crippen LogP contribution is 2.28. The third kappa shape index (κ3) is 6.77. The molecule has 0 aliphatic carbocycles. The molecule has 1 aliphatic rings. The van der Waals surface area contributed by atoms with Crippen molar-refractivity contribution in [3.05, 3.63) is 47.7 Å². The molecule has 0 radical (unpaired) electrons. The summed E-state index contributed by atoms with van der Waals surface area (Å²) < 4.78 is 11.4. The van der Waals surface area contributed by atoms with Crippen molar-refractivity contribution in [2.75, 3.05) is 44.8 Å². The molecule has 0 spiro atoms. The highest BCUT2D eigenvalue weighted by molar-refractivity contribution is 5.79. The number of pyridine rings is 1. The highest BCUT2D eigenvalue weighted by Gasteiger charge is 2.13. The van der Waals surface area contributed by atoms with Gasteiger partial charge in [-0.05, 0) is 62.4 Å². The number of guanidine groups is 1. The molecule has 7 heteroatoms. The third-order valence-corrected chi connectivity index (χ3v) is 5.24. The zero-order valence-electron chi connectivity index (χ0n) is 19.0. The molecular weight excluding hydrogens is 390 g/mol. The van der Waals surface area contributed by atoms with Crippen molar-refractivity contribution < 1.29 is 9.47 Å². The number of aromatic nitrogens is 1. The summed E-state index contributed by atoms with van der Waals surface area (Å²) in [6.07, 6.45) is 5.33. The van der Waals surface area contributed by atoms with Crippen LogP contribution in [0.5, 0.6) is 11.5 Å². The van der Waals surface area contributed by atoms with Crippen molar-refractivity contribution in [1.29, 1.82) is 0 Å². The number of anilines is 1. The Bertz CT molecular complexity index is 832. The van der Waals surface area contributed by atoms with E-state index in [9.17, 15) is 0 Å². The molecule has 7 nitrogen and oxygen atoms in total. The predicted molar refractivity (Wildman–Crippen MR) is 126 cm³/mol. The molecule has 1 fully saturated rings. The third-order valence-electron chi connectivity index (χ3n) is 5.24. The van der Waals surface area contributed by atoms with E-state index in [1.165, 1.54) is 18.4 Å². The van der Waals surface area contributed by atoms with E-state index in [2.05, 4.69) is 49.8 Å². The topological polar surface area (TPSA) is 71.0 Å². The molecule has 168 valence electrons. The Balaban J connectivity index is 1.45. The first-order valence-corrected chi connectivity index (χ1v) is 11.3. The molecule has 0 bridgehead atoms. The number of benzene rings is 1. The second-order valence-electron chi connectivity index (χ2n) is 7.47. The van der Waals surface area contributed by atoms with Crippen LogP contribution in [0, 0.1) is 0 Å². The molecule has 1 aromatic heterocycles. The van der Waals surface area contributed by atoms with Gasteiger partial charge in [-0.2, -0.15) is 0 Å². The van der Waals surface area contributed by atoms with E-state index in [1.807, 2.05) is 26.1 Å². The van der Waals surface area contributed by atoms with Crippen molar-refractivity contribution in [2.45, 2.75) is 39.7 Å². The van der Waals surface area contributed by atoms with Crippen LogP contribution < -0.4 is 25.0 Å². The van der Waals surface area contributed by atoms with Crippen LogP contribution in [0.15, 0.2) is 41.5 Å². The van der Waals surface area contributed by atoms with Gasteiger partial charge in [0.1, 0.15) is 5.82 Å². The molecule has 0 saturated carbocycles. The molecule has 1 saturated heterocycles. The number of ether oxygens (including phenoxy) is 2. The highest BCUT2D eigenvalue weighted by atomic mass is 16.5. The van der Waals surface area contributed by atoms with Gasteiger partial charge in [-0.25, -0.2) is 4.98 Å². The summed E-state index contributed by atoms with van der Waals surface area (Å²) in [5.74, 6) is 3.45. The Labute approximate surface area is 185 Å². The Morgan fingerprint density at radius 2 is 1.74 bits per heavy atom. The summed E-state index contributed by atoms with van der Waals surface area (Å²) in [5, 5.41) is 6.73. The lowest BCUT2D eigenvalue weighted by Gasteiger charge is -2.17. The van der Waals surface area contributed by atoms with Crippen molar-refractivity contribution in [3.8, 4) is 11.5 Å². The van der Waals surface area contributed by atoms with E-state index in [-0.39, 0.29) is 0 Å². The summed E-state index contributed by atoms with van der Waals surface area (Å²) in [6, 6.07) is 10.4. The van der Waals surface area contributed by atoms with Crippen LogP contribution in [0.2, 0.25) is 0 Å². The van der Waals surface area contributed by atoms with Crippen LogP contribution >= 0.6 is 0 Å². The summed E-state index contributed by atoms with van der Waals surface area (Å²) >= 11 is 0. The van der Waals surface area contributed by atoms with Gasteiger partial charge in [-0.15, -0.1) is 0 Å². The van der Waals surface area contributed by atoms with Crippen LogP contribution in [0.3, 0.4) is 0 Å². The van der Waals surface area contributed by atoms with Crippen molar-refractivity contribution >= 4 is 11.8 Å². The van der Waals surface area contributed by atoms with Crippen LogP contribution in [-0.4, -0.2) is 50.8 Å². The standard InChI is InChI=1S/C24H35N5O2/c1-4-30-21-10-8-19(16-22(21)31-5-2)12-13-26-24(25-3)28-18-20-9-11-23(27-17-20)29-14-6-7-15-29/h8-11,16-17H,4-7,12-15,18H2,1-3H3,(H2,25,26,28). The van der Waals surface area contributed by atoms with Gasteiger partial charge in [-0.3, -0.25) is 4.99 Å². The van der Waals surface area contributed by atoms with Gasteiger partial charge in [0.15, 0.2) is 17.5 Å². The zero-order valence-corrected chi connectivity index (χ0v) is 19.0. The molecule has 2 N–H and O–H groups in total. The van der Waals surface area contributed by atoms with E-state index in [1.54, 1.807) is 7.05 Å². The van der Waals surface area contributed by atoms with Gasteiger partial charge in [0.25, 0.3) is 0 Å². The quantitative estimate of drug-likeness (QED) is 0.449. The van der Waals surface area contributed by atoms with E-state index in [4.69, 9.17) is 9.47 Å². The maximum atomic E-state index is 5.72. The van der Waals surface area contributed by atoms with Gasteiger partial charge in [0.2, 0.25) is 0 Å². The van der Waals surface area contributed by atoms with Gasteiger partial charge in [0, 0.05) is 39.4 Å². The minimum absolute atomic E-state index is 0.617. The predicted octanol–water partition coefficient (Wildman–Crippen LogP) is 3.39. The summed E-state index contributed by atoms with van der Waals surface area (Å²) in [7, 11) is 1.79.